The van der Waals surface area contributed by atoms with E-state index in [0.717, 1.165) is 10.9 Å². The van der Waals surface area contributed by atoms with E-state index in [9.17, 15) is 14.4 Å². The van der Waals surface area contributed by atoms with Gasteiger partial charge >= 0.3 is 0 Å². The number of carbonyl (C=O) groups is 2. The van der Waals surface area contributed by atoms with Crippen LogP contribution in [0.5, 0.6) is 5.75 Å². The van der Waals surface area contributed by atoms with Crippen molar-refractivity contribution in [2.24, 2.45) is 0 Å². The van der Waals surface area contributed by atoms with Crippen LogP contribution in [0, 0.1) is 0 Å². The van der Waals surface area contributed by atoms with Gasteiger partial charge in [-0.3, -0.25) is 14.4 Å². The van der Waals surface area contributed by atoms with Gasteiger partial charge in [-0.25, -0.2) is 4.68 Å². The second-order valence-corrected chi connectivity index (χ2v) is 8.15. The van der Waals surface area contributed by atoms with Crippen molar-refractivity contribution in [2.75, 3.05) is 19.0 Å². The molecule has 0 aliphatic rings. The highest BCUT2D eigenvalue weighted by atomic mass is 35.5. The van der Waals surface area contributed by atoms with Crippen LogP contribution in [-0.2, 0) is 16.1 Å². The number of rotatable bonds is 8. The quantitative estimate of drug-likeness (QED) is 0.390. The lowest BCUT2D eigenvalue weighted by atomic mass is 10.1. The highest BCUT2D eigenvalue weighted by Gasteiger charge is 2.13. The number of hydrogen-bond acceptors (Lipinski definition) is 5. The zero-order valence-electron chi connectivity index (χ0n) is 19.0. The number of fused-ring (bicyclic) bond motifs is 1. The normalized spacial score (nSPS) is 10.7. The topological polar surface area (TPSA) is 102 Å². The molecule has 3 aromatic carbocycles. The molecule has 0 fully saturated rings. The minimum atomic E-state index is -0.265. The zero-order valence-corrected chi connectivity index (χ0v) is 19.7. The lowest BCUT2D eigenvalue weighted by molar-refractivity contribution is -0.122. The molecule has 9 heteroatoms. The largest absolute Gasteiger partial charge is 0.484 e. The molecule has 4 aromatic rings. The molecule has 0 radical (unpaired) electrons. The number of likely N-dealkylation sites (N-methyl/N-ethyl adjacent to an activating group) is 1. The summed E-state index contributed by atoms with van der Waals surface area (Å²) in [5.74, 6) is 0.00585. The van der Waals surface area contributed by atoms with Crippen LogP contribution in [0.1, 0.15) is 6.42 Å². The van der Waals surface area contributed by atoms with Gasteiger partial charge in [0.05, 0.1) is 17.6 Å². The van der Waals surface area contributed by atoms with Gasteiger partial charge in [0.1, 0.15) is 5.75 Å². The Labute approximate surface area is 206 Å². The van der Waals surface area contributed by atoms with Crippen LogP contribution in [0.3, 0.4) is 0 Å². The van der Waals surface area contributed by atoms with E-state index in [1.807, 2.05) is 24.3 Å². The van der Waals surface area contributed by atoms with E-state index in [-0.39, 0.29) is 36.9 Å². The number of nitrogens with one attached hydrogen (secondary N) is 2. The Bertz CT molecular complexity index is 1420. The Morgan fingerprint density at radius 2 is 1.63 bits per heavy atom. The monoisotopic (exact) mass is 490 g/mol. The number of aromatic nitrogens is 2. The smallest absolute Gasteiger partial charge is 0.274 e. The van der Waals surface area contributed by atoms with Crippen LogP contribution in [0.4, 0.5) is 5.69 Å². The summed E-state index contributed by atoms with van der Waals surface area (Å²) < 4.78 is 6.67. The number of hydrogen-bond donors (Lipinski definition) is 2. The second kappa shape index (κ2) is 10.8. The lowest BCUT2D eigenvalue weighted by Gasteiger charge is -2.12. The molecule has 4 rings (SSSR count). The van der Waals surface area contributed by atoms with E-state index in [0.29, 0.717) is 27.5 Å². The van der Waals surface area contributed by atoms with Crippen LogP contribution >= 0.6 is 11.6 Å². The van der Waals surface area contributed by atoms with E-state index in [4.69, 9.17) is 16.3 Å². The minimum absolute atomic E-state index is 0.0558. The van der Waals surface area contributed by atoms with Crippen molar-refractivity contribution in [3.63, 3.8) is 0 Å². The lowest BCUT2D eigenvalue weighted by Crippen LogP contribution is -2.26. The molecule has 0 saturated carbocycles. The van der Waals surface area contributed by atoms with Crippen molar-refractivity contribution in [2.45, 2.75) is 13.0 Å². The highest BCUT2D eigenvalue weighted by Crippen LogP contribution is 2.26. The van der Waals surface area contributed by atoms with Crippen LogP contribution in [0.25, 0.3) is 22.0 Å². The fourth-order valence-corrected chi connectivity index (χ4v) is 3.62. The molecule has 0 spiro atoms. The molecule has 2 N–H and O–H groups in total. The van der Waals surface area contributed by atoms with Crippen LogP contribution in [0.2, 0.25) is 5.02 Å². The second-order valence-electron chi connectivity index (χ2n) is 7.71. The molecular weight excluding hydrogens is 468 g/mol. The van der Waals surface area contributed by atoms with Crippen molar-refractivity contribution < 1.29 is 14.3 Å². The van der Waals surface area contributed by atoms with Gasteiger partial charge in [-0.05, 0) is 42.5 Å². The summed E-state index contributed by atoms with van der Waals surface area (Å²) in [6.07, 6.45) is 0.0558. The molecule has 0 saturated heterocycles. The average molecular weight is 491 g/mol. The van der Waals surface area contributed by atoms with E-state index in [1.165, 1.54) is 11.7 Å². The van der Waals surface area contributed by atoms with Crippen LogP contribution < -0.4 is 20.9 Å². The summed E-state index contributed by atoms with van der Waals surface area (Å²) in [5, 5.41) is 11.7. The number of halogens is 1. The summed E-state index contributed by atoms with van der Waals surface area (Å²) in [6.45, 7) is 0.0249. The van der Waals surface area contributed by atoms with Gasteiger partial charge in [-0.1, -0.05) is 41.9 Å². The molecular formula is C26H23ClN4O4. The molecule has 35 heavy (non-hydrogen) atoms. The first-order valence-corrected chi connectivity index (χ1v) is 11.3. The number of nitrogens with zero attached hydrogens (tertiary/aromatic N) is 2. The first-order valence-electron chi connectivity index (χ1n) is 10.9. The predicted molar refractivity (Wildman–Crippen MR) is 136 cm³/mol. The molecule has 0 atom stereocenters. The molecule has 0 unspecified atom stereocenters. The maximum atomic E-state index is 13.0. The Kier molecular flexibility index (Phi) is 7.42. The molecule has 1 aromatic heterocycles. The molecule has 8 nitrogen and oxygen atoms in total. The molecule has 2 amide bonds. The number of amides is 2. The van der Waals surface area contributed by atoms with E-state index >= 15 is 0 Å². The molecule has 0 aliphatic heterocycles. The minimum Gasteiger partial charge on any atom is -0.484 e. The van der Waals surface area contributed by atoms with Gasteiger partial charge in [0.2, 0.25) is 5.91 Å². The van der Waals surface area contributed by atoms with E-state index in [2.05, 4.69) is 15.7 Å². The Balaban J connectivity index is 1.47. The number of carbonyl (C=O) groups excluding carboxylic acids is 2. The van der Waals surface area contributed by atoms with Gasteiger partial charge in [-0.2, -0.15) is 5.10 Å². The predicted octanol–water partition coefficient (Wildman–Crippen LogP) is 3.87. The summed E-state index contributed by atoms with van der Waals surface area (Å²) in [7, 11) is 1.53. The third-order valence-electron chi connectivity index (χ3n) is 5.32. The van der Waals surface area contributed by atoms with Crippen LogP contribution in [-0.4, -0.2) is 35.2 Å². The summed E-state index contributed by atoms with van der Waals surface area (Å²) in [5.41, 5.74) is 1.78. The van der Waals surface area contributed by atoms with Crippen molar-refractivity contribution in [1.29, 1.82) is 0 Å². The standard InChI is InChI=1S/C26H23ClN4O4/c1-28-24(33)16-35-20-12-10-19(11-13-20)29-23(32)14-15-31-26(34)22-5-3-2-4-21(22)25(30-31)17-6-8-18(27)9-7-17/h2-13H,14-16H2,1H3,(H,28,33)(H,29,32). The third-order valence-corrected chi connectivity index (χ3v) is 5.57. The van der Waals surface area contributed by atoms with Crippen molar-refractivity contribution in [3.05, 3.63) is 88.2 Å². The Morgan fingerprint density at radius 3 is 2.31 bits per heavy atom. The number of ether oxygens (including phenoxy) is 1. The van der Waals surface area contributed by atoms with Gasteiger partial charge < -0.3 is 15.4 Å². The van der Waals surface area contributed by atoms with E-state index < -0.39 is 0 Å². The SMILES string of the molecule is CNC(=O)COc1ccc(NC(=O)CCn2nc(-c3ccc(Cl)cc3)c3ccccc3c2=O)cc1. The van der Waals surface area contributed by atoms with Crippen molar-refractivity contribution >= 4 is 39.9 Å². The number of aryl methyl sites for hydroxylation is 1. The maximum Gasteiger partial charge on any atom is 0.274 e. The maximum absolute atomic E-state index is 13.0. The molecule has 0 aliphatic carbocycles. The number of benzene rings is 3. The van der Waals surface area contributed by atoms with Crippen LogP contribution in [0.15, 0.2) is 77.6 Å². The van der Waals surface area contributed by atoms with Gasteiger partial charge in [0.25, 0.3) is 11.5 Å². The van der Waals surface area contributed by atoms with E-state index in [1.54, 1.807) is 48.5 Å². The summed E-state index contributed by atoms with van der Waals surface area (Å²) >= 11 is 6.02. The fourth-order valence-electron chi connectivity index (χ4n) is 3.49. The number of anilines is 1. The molecule has 0 bridgehead atoms. The Morgan fingerprint density at radius 1 is 0.943 bits per heavy atom. The van der Waals surface area contributed by atoms with Gasteiger partial charge in [0, 0.05) is 35.1 Å². The third kappa shape index (κ3) is 5.85. The average Bonchev–Trinajstić information content (AvgIpc) is 2.88. The van der Waals surface area contributed by atoms with Gasteiger partial charge in [-0.15, -0.1) is 0 Å². The highest BCUT2D eigenvalue weighted by molar-refractivity contribution is 6.30. The molecule has 178 valence electrons. The van der Waals surface area contributed by atoms with Crippen molar-refractivity contribution in [3.8, 4) is 17.0 Å². The summed E-state index contributed by atoms with van der Waals surface area (Å²) in [4.78, 5) is 36.8. The fraction of sp³-hybridized carbons (Fsp3) is 0.154. The molecule has 1 heterocycles. The first-order chi connectivity index (χ1) is 16.9. The summed E-state index contributed by atoms with van der Waals surface area (Å²) in [6, 6.07) is 21.2. The van der Waals surface area contributed by atoms with Crippen molar-refractivity contribution in [1.82, 2.24) is 15.1 Å². The zero-order chi connectivity index (χ0) is 24.8. The van der Waals surface area contributed by atoms with Gasteiger partial charge in [0.15, 0.2) is 6.61 Å². The first kappa shape index (κ1) is 24.0. The Hall–Kier alpha value is -4.17.